The highest BCUT2D eigenvalue weighted by Crippen LogP contribution is 2.57. The summed E-state index contributed by atoms with van der Waals surface area (Å²) in [7, 11) is 0. The minimum Gasteiger partial charge on any atom is -0.455 e. The molecule has 12 aromatic rings. The number of nitrogens with zero attached hydrogens (tertiary/aromatic N) is 1. The number of benzene rings is 11. The number of rotatable bonds is 7. The van der Waals surface area contributed by atoms with Crippen molar-refractivity contribution in [3.63, 3.8) is 0 Å². The molecule has 0 radical (unpaired) electrons. The summed E-state index contributed by atoms with van der Waals surface area (Å²) in [6.45, 7) is 0. The van der Waals surface area contributed by atoms with Crippen LogP contribution in [0.1, 0.15) is 22.3 Å². The van der Waals surface area contributed by atoms with E-state index < -0.39 is 5.41 Å². The molecule has 0 bridgehead atoms. The van der Waals surface area contributed by atoms with Crippen LogP contribution < -0.4 is 4.90 Å². The lowest BCUT2D eigenvalue weighted by atomic mass is 9.67. The SMILES string of the molecule is c1ccc(-c2ccc(N(c3ccc(-c4ccc5c(ccc6ccc7c8ccccc8oc7c65)c4)cc3)c3ccc4c(c3)C(c3ccccc3)(c3ccccc3)c3ccccc3-4)cc2)cc1. The summed E-state index contributed by atoms with van der Waals surface area (Å²) in [5, 5.41) is 7.02. The van der Waals surface area contributed by atoms with Gasteiger partial charge in [0, 0.05) is 33.2 Å². The van der Waals surface area contributed by atoms with Crippen molar-refractivity contribution in [1.82, 2.24) is 0 Å². The third kappa shape index (κ3) is 5.81. The fourth-order valence-corrected chi connectivity index (χ4v) is 10.8. The summed E-state index contributed by atoms with van der Waals surface area (Å²) >= 11 is 0. The fourth-order valence-electron chi connectivity index (χ4n) is 10.8. The van der Waals surface area contributed by atoms with Gasteiger partial charge in [-0.05, 0) is 126 Å². The molecule has 0 atom stereocenters. The second-order valence-corrected chi connectivity index (χ2v) is 17.2. The fraction of sp³-hybridized carbons (Fsp3) is 0.0159. The molecule has 1 aromatic heterocycles. The Morgan fingerprint density at radius 2 is 0.846 bits per heavy atom. The Labute approximate surface area is 377 Å². The van der Waals surface area contributed by atoms with Gasteiger partial charge in [0.1, 0.15) is 11.2 Å². The van der Waals surface area contributed by atoms with Crippen LogP contribution in [0.4, 0.5) is 17.1 Å². The summed E-state index contributed by atoms with van der Waals surface area (Å²) in [6, 6.07) is 90.8. The van der Waals surface area contributed by atoms with Gasteiger partial charge in [0.25, 0.3) is 0 Å². The molecule has 304 valence electrons. The van der Waals surface area contributed by atoms with Crippen LogP contribution in [-0.2, 0) is 5.41 Å². The maximum atomic E-state index is 6.52. The van der Waals surface area contributed by atoms with Crippen LogP contribution in [-0.4, -0.2) is 0 Å². The van der Waals surface area contributed by atoms with E-state index in [0.717, 1.165) is 50.0 Å². The lowest BCUT2D eigenvalue weighted by Crippen LogP contribution is -2.28. The first-order valence-corrected chi connectivity index (χ1v) is 22.4. The summed E-state index contributed by atoms with van der Waals surface area (Å²) in [4.78, 5) is 2.41. The Morgan fingerprint density at radius 3 is 1.57 bits per heavy atom. The van der Waals surface area contributed by atoms with Gasteiger partial charge in [0.05, 0.1) is 5.41 Å². The Balaban J connectivity index is 0.954. The molecule has 1 aliphatic rings. The summed E-state index contributed by atoms with van der Waals surface area (Å²) in [5.41, 5.74) is 17.0. The van der Waals surface area contributed by atoms with E-state index in [-0.39, 0.29) is 0 Å². The molecule has 0 saturated heterocycles. The monoisotopic (exact) mass is 827 g/mol. The van der Waals surface area contributed by atoms with Crippen LogP contribution in [0.3, 0.4) is 0 Å². The zero-order valence-electron chi connectivity index (χ0n) is 35.5. The minimum absolute atomic E-state index is 0.505. The van der Waals surface area contributed by atoms with Gasteiger partial charge in [0.2, 0.25) is 0 Å². The van der Waals surface area contributed by atoms with Gasteiger partial charge in [-0.2, -0.15) is 0 Å². The molecule has 0 fully saturated rings. The Kier molecular flexibility index (Phi) is 8.47. The number of hydrogen-bond acceptors (Lipinski definition) is 2. The van der Waals surface area contributed by atoms with Crippen molar-refractivity contribution in [2.45, 2.75) is 5.41 Å². The van der Waals surface area contributed by atoms with E-state index >= 15 is 0 Å². The van der Waals surface area contributed by atoms with E-state index in [2.05, 4.69) is 248 Å². The van der Waals surface area contributed by atoms with E-state index in [1.54, 1.807) is 0 Å². The number of hydrogen-bond donors (Lipinski definition) is 0. The average molecular weight is 828 g/mol. The van der Waals surface area contributed by atoms with Crippen LogP contribution in [0.25, 0.3) is 76.9 Å². The van der Waals surface area contributed by atoms with E-state index in [1.165, 1.54) is 66.2 Å². The average Bonchev–Trinajstić information content (AvgIpc) is 3.91. The first kappa shape index (κ1) is 37.1. The van der Waals surface area contributed by atoms with Crippen LogP contribution in [0.5, 0.6) is 0 Å². The van der Waals surface area contributed by atoms with Crippen LogP contribution in [0, 0.1) is 0 Å². The number of furan rings is 1. The van der Waals surface area contributed by atoms with E-state index in [1.807, 2.05) is 6.07 Å². The highest BCUT2D eigenvalue weighted by Gasteiger charge is 2.46. The van der Waals surface area contributed by atoms with Crippen molar-refractivity contribution >= 4 is 60.5 Å². The lowest BCUT2D eigenvalue weighted by molar-refractivity contribution is 0.673. The highest BCUT2D eigenvalue weighted by atomic mass is 16.3. The molecule has 2 nitrogen and oxygen atoms in total. The largest absolute Gasteiger partial charge is 0.455 e. The van der Waals surface area contributed by atoms with Crippen molar-refractivity contribution in [3.8, 4) is 33.4 Å². The van der Waals surface area contributed by atoms with Crippen molar-refractivity contribution in [2.75, 3.05) is 4.90 Å². The summed E-state index contributed by atoms with van der Waals surface area (Å²) in [5.74, 6) is 0. The standard InChI is InChI=1S/C63H41NO/c1-4-14-42(15-5-1)43-26-32-50(33-27-43)64(52-36-39-55-54-20-10-12-22-58(54)63(59(55)41-52,48-16-6-2-7-17-48)49-18-8-3-9-19-49)51-34-28-44(29-35-51)46-31-37-53-47(40-46)25-24-45-30-38-57-56-21-11-13-23-60(56)65-62(57)61(45)53/h1-41H. The molecule has 1 aliphatic carbocycles. The Hall–Kier alpha value is -8.46. The van der Waals surface area contributed by atoms with Gasteiger partial charge >= 0.3 is 0 Å². The zero-order chi connectivity index (χ0) is 42.9. The highest BCUT2D eigenvalue weighted by molar-refractivity contribution is 6.23. The molecule has 0 saturated carbocycles. The predicted octanol–water partition coefficient (Wildman–Crippen LogP) is 17.1. The van der Waals surface area contributed by atoms with Crippen molar-refractivity contribution in [3.05, 3.63) is 271 Å². The summed E-state index contributed by atoms with van der Waals surface area (Å²) < 4.78 is 6.52. The van der Waals surface area contributed by atoms with Gasteiger partial charge in [-0.15, -0.1) is 0 Å². The van der Waals surface area contributed by atoms with Gasteiger partial charge in [-0.25, -0.2) is 0 Å². The van der Waals surface area contributed by atoms with E-state index in [9.17, 15) is 0 Å². The number of fused-ring (bicyclic) bond motifs is 10. The lowest BCUT2D eigenvalue weighted by Gasteiger charge is -2.35. The molecule has 0 unspecified atom stereocenters. The van der Waals surface area contributed by atoms with E-state index in [0.29, 0.717) is 0 Å². The maximum Gasteiger partial charge on any atom is 0.143 e. The topological polar surface area (TPSA) is 16.4 Å². The van der Waals surface area contributed by atoms with Crippen LogP contribution in [0.15, 0.2) is 253 Å². The molecule has 0 spiro atoms. The molecule has 2 heteroatoms. The molecule has 65 heavy (non-hydrogen) atoms. The zero-order valence-corrected chi connectivity index (χ0v) is 35.5. The third-order valence-electron chi connectivity index (χ3n) is 13.7. The smallest absolute Gasteiger partial charge is 0.143 e. The molecule has 0 aliphatic heterocycles. The summed E-state index contributed by atoms with van der Waals surface area (Å²) in [6.07, 6.45) is 0. The molecule has 0 amide bonds. The first-order chi connectivity index (χ1) is 32.2. The molecule has 13 rings (SSSR count). The van der Waals surface area contributed by atoms with Crippen molar-refractivity contribution in [1.29, 1.82) is 0 Å². The molecular weight excluding hydrogens is 787 g/mol. The number of anilines is 3. The normalized spacial score (nSPS) is 12.7. The molecule has 1 heterocycles. The van der Waals surface area contributed by atoms with Gasteiger partial charge in [-0.3, -0.25) is 0 Å². The van der Waals surface area contributed by atoms with Crippen LogP contribution in [0.2, 0.25) is 0 Å². The van der Waals surface area contributed by atoms with Crippen LogP contribution >= 0.6 is 0 Å². The maximum absolute atomic E-state index is 6.52. The third-order valence-corrected chi connectivity index (χ3v) is 13.7. The van der Waals surface area contributed by atoms with Gasteiger partial charge < -0.3 is 9.32 Å². The predicted molar refractivity (Wildman–Crippen MR) is 272 cm³/mol. The van der Waals surface area contributed by atoms with Gasteiger partial charge in [0.15, 0.2) is 0 Å². The molecular formula is C63H41NO. The second-order valence-electron chi connectivity index (χ2n) is 17.2. The minimum atomic E-state index is -0.505. The number of para-hydroxylation sites is 1. The quantitative estimate of drug-likeness (QED) is 0.149. The van der Waals surface area contributed by atoms with E-state index in [4.69, 9.17) is 4.42 Å². The van der Waals surface area contributed by atoms with Crippen molar-refractivity contribution < 1.29 is 4.42 Å². The van der Waals surface area contributed by atoms with Crippen molar-refractivity contribution in [2.24, 2.45) is 0 Å². The first-order valence-electron chi connectivity index (χ1n) is 22.4. The Morgan fingerprint density at radius 1 is 0.323 bits per heavy atom. The molecule has 11 aromatic carbocycles. The Bertz CT molecular complexity index is 3700. The van der Waals surface area contributed by atoms with Gasteiger partial charge in [-0.1, -0.05) is 194 Å². The molecule has 0 N–H and O–H groups in total. The second kappa shape index (κ2) is 14.8.